The van der Waals surface area contributed by atoms with E-state index in [9.17, 15) is 24.0 Å². The van der Waals surface area contributed by atoms with E-state index in [0.29, 0.717) is 32.1 Å². The van der Waals surface area contributed by atoms with Crippen molar-refractivity contribution in [3.63, 3.8) is 0 Å². The molecule has 36 heavy (non-hydrogen) atoms. The molecular weight excluding hydrogens is 468 g/mol. The van der Waals surface area contributed by atoms with E-state index in [2.05, 4.69) is 15.7 Å². The second kappa shape index (κ2) is 14.6. The zero-order valence-electron chi connectivity index (χ0n) is 21.9. The van der Waals surface area contributed by atoms with E-state index in [1.807, 2.05) is 13.8 Å². The number of aliphatic imine (C=N–C) groups is 1. The summed E-state index contributed by atoms with van der Waals surface area (Å²) in [6.07, 6.45) is 2.14. The van der Waals surface area contributed by atoms with Gasteiger partial charge in [0.15, 0.2) is 11.7 Å². The molecule has 0 aromatic carbocycles. The van der Waals surface area contributed by atoms with Crippen molar-refractivity contribution in [2.45, 2.75) is 84.5 Å². The van der Waals surface area contributed by atoms with Crippen LogP contribution in [0.15, 0.2) is 4.99 Å². The molecule has 0 radical (unpaired) electrons. The van der Waals surface area contributed by atoms with Gasteiger partial charge >= 0.3 is 0 Å². The predicted octanol–water partition coefficient (Wildman–Crippen LogP) is -1.40. The Bertz CT molecular complexity index is 827. The number of carbonyl (C=O) groups is 5. The fourth-order valence-electron chi connectivity index (χ4n) is 4.22. The molecule has 0 spiro atoms. The lowest BCUT2D eigenvalue weighted by Crippen LogP contribution is -2.64. The second-order valence-corrected chi connectivity index (χ2v) is 9.70. The first-order valence-electron chi connectivity index (χ1n) is 12.3. The molecular formula is C23H42N8O5. The summed E-state index contributed by atoms with van der Waals surface area (Å²) >= 11 is 0. The molecule has 13 heteroatoms. The highest BCUT2D eigenvalue weighted by Gasteiger charge is 2.43. The monoisotopic (exact) mass is 510 g/mol. The van der Waals surface area contributed by atoms with Crippen LogP contribution >= 0.6 is 0 Å². The maximum Gasteiger partial charge on any atom is 0.260 e. The number of guanidine groups is 1. The van der Waals surface area contributed by atoms with E-state index in [0.717, 1.165) is 0 Å². The van der Waals surface area contributed by atoms with Crippen molar-refractivity contribution in [2.24, 2.45) is 34.1 Å². The highest BCUT2D eigenvalue weighted by atomic mass is 16.2. The Kier molecular flexibility index (Phi) is 12.6. The van der Waals surface area contributed by atoms with E-state index in [4.69, 9.17) is 17.3 Å². The maximum absolute atomic E-state index is 14.0. The predicted molar refractivity (Wildman–Crippen MR) is 135 cm³/mol. The van der Waals surface area contributed by atoms with Crippen LogP contribution in [-0.2, 0) is 24.0 Å². The standard InChI is InChI=1S/C23H42N8O5/c1-13(2)18(29-26)21(35)28-19(14(3)4)22(36)31(16(12-32)8-6-10-27-23(24)25)30-11-7-9-17(30)20(34)15(5)33/h12-14,16-19,29H,6-11,26H2,1-5H3,(H,28,35)(H4,24,25,27). The smallest absolute Gasteiger partial charge is 0.260 e. The molecule has 1 aliphatic rings. The Morgan fingerprint density at radius 1 is 1.11 bits per heavy atom. The molecule has 204 valence electrons. The molecule has 13 nitrogen and oxygen atoms in total. The quantitative estimate of drug-likeness (QED) is 0.0331. The summed E-state index contributed by atoms with van der Waals surface area (Å²) in [5, 5.41) is 5.50. The summed E-state index contributed by atoms with van der Waals surface area (Å²) in [5.74, 6) is 2.67. The van der Waals surface area contributed by atoms with Crippen molar-refractivity contribution in [1.29, 1.82) is 0 Å². The van der Waals surface area contributed by atoms with Crippen LogP contribution in [0.25, 0.3) is 0 Å². The lowest BCUT2D eigenvalue weighted by Gasteiger charge is -2.41. The summed E-state index contributed by atoms with van der Waals surface area (Å²) < 4.78 is 0. The van der Waals surface area contributed by atoms with Crippen molar-refractivity contribution < 1.29 is 24.0 Å². The average Bonchev–Trinajstić information content (AvgIpc) is 3.27. The first kappa shape index (κ1) is 31.1. The molecule has 0 aliphatic carbocycles. The van der Waals surface area contributed by atoms with Crippen LogP contribution in [-0.4, -0.2) is 82.9 Å². The number of rotatable bonds is 15. The summed E-state index contributed by atoms with van der Waals surface area (Å²) in [7, 11) is 0. The number of hydrazine groups is 2. The minimum Gasteiger partial charge on any atom is -0.370 e. The van der Waals surface area contributed by atoms with Gasteiger partial charge in [-0.25, -0.2) is 10.4 Å². The molecule has 0 saturated carbocycles. The molecule has 0 aromatic heterocycles. The fraction of sp³-hybridized carbons (Fsp3) is 0.739. The molecule has 2 amide bonds. The molecule has 1 rings (SSSR count). The van der Waals surface area contributed by atoms with Crippen LogP contribution in [0.2, 0.25) is 0 Å². The van der Waals surface area contributed by atoms with E-state index in [-0.39, 0.29) is 30.8 Å². The largest absolute Gasteiger partial charge is 0.370 e. The zero-order chi connectivity index (χ0) is 27.6. The maximum atomic E-state index is 14.0. The minimum absolute atomic E-state index is 0.0898. The molecule has 1 fully saturated rings. The Morgan fingerprint density at radius 2 is 1.72 bits per heavy atom. The van der Waals surface area contributed by atoms with Crippen LogP contribution in [0.4, 0.5) is 0 Å². The van der Waals surface area contributed by atoms with Crippen molar-refractivity contribution in [3.8, 4) is 0 Å². The van der Waals surface area contributed by atoms with Crippen LogP contribution in [0.1, 0.15) is 60.3 Å². The zero-order valence-corrected chi connectivity index (χ0v) is 21.9. The number of amides is 2. The fourth-order valence-corrected chi connectivity index (χ4v) is 4.22. The molecule has 1 heterocycles. The average molecular weight is 511 g/mol. The van der Waals surface area contributed by atoms with Gasteiger partial charge in [0.05, 0.1) is 6.04 Å². The molecule has 0 bridgehead atoms. The van der Waals surface area contributed by atoms with Crippen molar-refractivity contribution in [3.05, 3.63) is 0 Å². The first-order chi connectivity index (χ1) is 16.9. The number of carbonyl (C=O) groups excluding carboxylic acids is 5. The lowest BCUT2D eigenvalue weighted by atomic mass is 9.99. The van der Waals surface area contributed by atoms with Gasteiger partial charge in [-0.1, -0.05) is 27.7 Å². The lowest BCUT2D eigenvalue weighted by molar-refractivity contribution is -0.167. The number of hydrogen-bond acceptors (Lipinski definition) is 9. The number of nitrogens with two attached hydrogens (primary N) is 3. The number of aldehydes is 1. The highest BCUT2D eigenvalue weighted by Crippen LogP contribution is 2.25. The van der Waals surface area contributed by atoms with E-state index in [1.54, 1.807) is 13.8 Å². The first-order valence-corrected chi connectivity index (χ1v) is 12.3. The van der Waals surface area contributed by atoms with Gasteiger partial charge in [-0.3, -0.25) is 35.0 Å². The van der Waals surface area contributed by atoms with Crippen molar-refractivity contribution in [1.82, 2.24) is 20.8 Å². The van der Waals surface area contributed by atoms with Gasteiger partial charge in [-0.05, 0) is 37.5 Å². The SMILES string of the molecule is CC(=O)C(=O)C1CCCN1N(C(=O)C(NC(=O)C(NN)C(C)C)C(C)C)C(C=O)CCCN=C(N)N. The summed E-state index contributed by atoms with van der Waals surface area (Å²) in [6.45, 7) is 8.86. The summed E-state index contributed by atoms with van der Waals surface area (Å²) in [6, 6.07) is -3.59. The van der Waals surface area contributed by atoms with Crippen LogP contribution in [0, 0.1) is 11.8 Å². The molecule has 8 N–H and O–H groups in total. The normalized spacial score (nSPS) is 18.4. The van der Waals surface area contributed by atoms with Crippen molar-refractivity contribution in [2.75, 3.05) is 13.1 Å². The van der Waals surface area contributed by atoms with Gasteiger partial charge in [0.1, 0.15) is 24.4 Å². The second-order valence-electron chi connectivity index (χ2n) is 9.70. The topological polar surface area (TPSA) is 206 Å². The highest BCUT2D eigenvalue weighted by molar-refractivity contribution is 6.38. The Balaban J connectivity index is 3.38. The van der Waals surface area contributed by atoms with E-state index >= 15 is 0 Å². The Morgan fingerprint density at radius 3 is 2.19 bits per heavy atom. The Hall–Kier alpha value is -2.90. The van der Waals surface area contributed by atoms with Crippen molar-refractivity contribution >= 4 is 35.6 Å². The molecule has 0 aromatic rings. The molecule has 4 unspecified atom stereocenters. The molecule has 4 atom stereocenters. The van der Waals surface area contributed by atoms with E-state index < -0.39 is 47.5 Å². The van der Waals surface area contributed by atoms with Gasteiger partial charge < -0.3 is 21.6 Å². The molecule has 1 aliphatic heterocycles. The third-order valence-corrected chi connectivity index (χ3v) is 6.16. The summed E-state index contributed by atoms with van der Waals surface area (Å²) in [5.41, 5.74) is 13.2. The number of Topliss-reactive ketones (excluding diaryl/α,β-unsaturated/α-hetero) is 2. The van der Waals surface area contributed by atoms with Crippen LogP contribution in [0.3, 0.4) is 0 Å². The van der Waals surface area contributed by atoms with Gasteiger partial charge in [0, 0.05) is 20.0 Å². The minimum atomic E-state index is -1.01. The van der Waals surface area contributed by atoms with Crippen LogP contribution < -0.4 is 28.1 Å². The van der Waals surface area contributed by atoms with Gasteiger partial charge in [-0.15, -0.1) is 0 Å². The van der Waals surface area contributed by atoms with Gasteiger partial charge in [-0.2, -0.15) is 0 Å². The number of nitrogens with zero attached hydrogens (tertiary/aromatic N) is 3. The third kappa shape index (κ3) is 8.35. The number of nitrogens with one attached hydrogen (secondary N) is 2. The third-order valence-electron chi connectivity index (χ3n) is 6.16. The summed E-state index contributed by atoms with van der Waals surface area (Å²) in [4.78, 5) is 67.6. The van der Waals surface area contributed by atoms with E-state index in [1.165, 1.54) is 16.9 Å². The molecule has 1 saturated heterocycles. The van der Waals surface area contributed by atoms with Gasteiger partial charge in [0.25, 0.3) is 5.91 Å². The number of hydrogen-bond donors (Lipinski definition) is 5. The Labute approximate surface area is 212 Å². The van der Waals surface area contributed by atoms with Crippen LogP contribution in [0.5, 0.6) is 0 Å². The number of ketones is 2. The van der Waals surface area contributed by atoms with Gasteiger partial charge in [0.2, 0.25) is 11.7 Å².